The zero-order valence-corrected chi connectivity index (χ0v) is 20.1. The summed E-state index contributed by atoms with van der Waals surface area (Å²) in [6.07, 6.45) is -0.811. The molecule has 0 fully saturated rings. The number of carbonyl (C=O) groups is 2. The first-order valence-electron chi connectivity index (χ1n) is 11.1. The van der Waals surface area contributed by atoms with Gasteiger partial charge in [0.05, 0.1) is 12.2 Å². The van der Waals surface area contributed by atoms with Gasteiger partial charge in [0, 0.05) is 17.0 Å². The van der Waals surface area contributed by atoms with Crippen molar-refractivity contribution in [3.05, 3.63) is 58.7 Å². The van der Waals surface area contributed by atoms with Crippen molar-refractivity contribution >= 4 is 12.1 Å². The molecular weight excluding hydrogens is 430 g/mol. The second kappa shape index (κ2) is 10.5. The molecule has 6 nitrogen and oxygen atoms in total. The smallest absolute Gasteiger partial charge is 0.407 e. The zero-order valence-electron chi connectivity index (χ0n) is 20.1. The molecule has 2 aromatic carbocycles. The van der Waals surface area contributed by atoms with E-state index >= 15 is 0 Å². The summed E-state index contributed by atoms with van der Waals surface area (Å²) in [6.45, 7) is 8.88. The molecule has 2 aromatic rings. The number of nitrogens with one attached hydrogen (secondary N) is 1. The molecule has 0 saturated heterocycles. The van der Waals surface area contributed by atoms with E-state index in [4.69, 9.17) is 9.47 Å². The third-order valence-corrected chi connectivity index (χ3v) is 5.34. The first-order chi connectivity index (χ1) is 16.1. The van der Waals surface area contributed by atoms with Crippen molar-refractivity contribution in [1.29, 1.82) is 0 Å². The van der Waals surface area contributed by atoms with Crippen LogP contribution in [0.4, 0.5) is 4.79 Å². The van der Waals surface area contributed by atoms with E-state index in [1.165, 1.54) is 0 Å². The van der Waals surface area contributed by atoms with Gasteiger partial charge in [-0.2, -0.15) is 0 Å². The molecule has 176 valence electrons. The fourth-order valence-corrected chi connectivity index (χ4v) is 3.83. The van der Waals surface area contributed by atoms with Crippen LogP contribution in [0.15, 0.2) is 36.4 Å². The second-order valence-electron chi connectivity index (χ2n) is 8.96. The number of carboxylic acid groups (broad SMARTS) is 1. The lowest BCUT2D eigenvalue weighted by Gasteiger charge is -2.23. The molecule has 0 unspecified atom stereocenters. The van der Waals surface area contributed by atoms with Gasteiger partial charge in [0.2, 0.25) is 0 Å². The Morgan fingerprint density at radius 2 is 1.53 bits per heavy atom. The number of carboxylic acids is 1. The molecule has 0 saturated carbocycles. The molecule has 0 spiro atoms. The number of rotatable bonds is 6. The van der Waals surface area contributed by atoms with Crippen LogP contribution in [0.1, 0.15) is 62.8 Å². The molecule has 0 bridgehead atoms. The fraction of sp³-hybridized carbons (Fsp3) is 0.357. The van der Waals surface area contributed by atoms with E-state index in [1.54, 1.807) is 13.8 Å². The topological polar surface area (TPSA) is 84.9 Å². The maximum atomic E-state index is 12.5. The van der Waals surface area contributed by atoms with Gasteiger partial charge >= 0.3 is 12.1 Å². The monoisotopic (exact) mass is 459 g/mol. The number of amides is 1. The Bertz CT molecular complexity index is 1150. The minimum atomic E-state index is -1.22. The largest absolute Gasteiger partial charge is 0.480 e. The van der Waals surface area contributed by atoms with Gasteiger partial charge in [0.15, 0.2) is 6.04 Å². The summed E-state index contributed by atoms with van der Waals surface area (Å²) < 4.78 is 11.0. The van der Waals surface area contributed by atoms with Gasteiger partial charge in [0.1, 0.15) is 6.61 Å². The molecule has 1 atom stereocenters. The standard InChI is InChI=1S/C28H29NO5/c1-6-8-18-10-12-20-21-13-11-19(9-7-2)15-23(21)24(22(20)14-18)16-33-27(32)29-25(26(30)31)17-34-28(3,4)5/h10-15,24-25H,16-17H2,1-5H3,(H,29,32)(H,30,31)/t25-/m1/s1. The van der Waals surface area contributed by atoms with Crippen LogP contribution in [0.2, 0.25) is 0 Å². The zero-order chi connectivity index (χ0) is 24.9. The van der Waals surface area contributed by atoms with Gasteiger partial charge in [0.25, 0.3) is 0 Å². The van der Waals surface area contributed by atoms with Gasteiger partial charge in [-0.15, -0.1) is 11.8 Å². The van der Waals surface area contributed by atoms with E-state index in [0.717, 1.165) is 33.4 Å². The van der Waals surface area contributed by atoms with Gasteiger partial charge in [-0.1, -0.05) is 24.0 Å². The Kier molecular flexibility index (Phi) is 7.66. The molecule has 1 aliphatic rings. The average molecular weight is 460 g/mol. The summed E-state index contributed by atoms with van der Waals surface area (Å²) in [5.74, 6) is 10.6. The molecule has 0 aliphatic heterocycles. The minimum Gasteiger partial charge on any atom is -0.480 e. The molecular formula is C28H29NO5. The maximum Gasteiger partial charge on any atom is 0.407 e. The number of ether oxygens (including phenoxy) is 2. The van der Waals surface area contributed by atoms with Crippen LogP contribution in [0.5, 0.6) is 0 Å². The number of hydrogen-bond acceptors (Lipinski definition) is 4. The molecule has 0 radical (unpaired) electrons. The summed E-state index contributed by atoms with van der Waals surface area (Å²) in [5, 5.41) is 11.8. The summed E-state index contributed by atoms with van der Waals surface area (Å²) in [6, 6.07) is 10.8. The molecule has 2 N–H and O–H groups in total. The predicted octanol–water partition coefficient (Wildman–Crippen LogP) is 4.54. The normalized spacial score (nSPS) is 12.9. The molecule has 1 aliphatic carbocycles. The van der Waals surface area contributed by atoms with E-state index in [2.05, 4.69) is 29.0 Å². The number of alkyl carbamates (subject to hydrolysis) is 1. The van der Waals surface area contributed by atoms with Crippen LogP contribution in [0, 0.1) is 23.7 Å². The van der Waals surface area contributed by atoms with E-state index < -0.39 is 23.7 Å². The fourth-order valence-electron chi connectivity index (χ4n) is 3.83. The number of benzene rings is 2. The highest BCUT2D eigenvalue weighted by Crippen LogP contribution is 2.45. The molecule has 3 rings (SSSR count). The lowest BCUT2D eigenvalue weighted by Crippen LogP contribution is -2.45. The summed E-state index contributed by atoms with van der Waals surface area (Å²) in [4.78, 5) is 24.1. The Morgan fingerprint density at radius 1 is 1.00 bits per heavy atom. The summed E-state index contributed by atoms with van der Waals surface area (Å²) in [7, 11) is 0. The van der Waals surface area contributed by atoms with Gasteiger partial charge in [-0.05, 0) is 81.1 Å². The highest BCUT2D eigenvalue weighted by molar-refractivity contribution is 5.82. The quantitative estimate of drug-likeness (QED) is 0.620. The van der Waals surface area contributed by atoms with Crippen LogP contribution in [-0.2, 0) is 14.3 Å². The van der Waals surface area contributed by atoms with Gasteiger partial charge < -0.3 is 19.9 Å². The van der Waals surface area contributed by atoms with Crippen LogP contribution in [-0.4, -0.2) is 42.0 Å². The highest BCUT2D eigenvalue weighted by atomic mass is 16.6. The van der Waals surface area contributed by atoms with Crippen LogP contribution >= 0.6 is 0 Å². The first-order valence-corrected chi connectivity index (χ1v) is 11.1. The first kappa shape index (κ1) is 24.9. The molecule has 6 heteroatoms. The van der Waals surface area contributed by atoms with Crippen molar-refractivity contribution in [3.8, 4) is 34.8 Å². The van der Waals surface area contributed by atoms with Crippen molar-refractivity contribution < 1.29 is 24.2 Å². The molecule has 0 heterocycles. The number of fused-ring (bicyclic) bond motifs is 3. The van der Waals surface area contributed by atoms with Gasteiger partial charge in [-0.25, -0.2) is 9.59 Å². The number of carbonyl (C=O) groups excluding carboxylic acids is 1. The lowest BCUT2D eigenvalue weighted by atomic mass is 9.95. The van der Waals surface area contributed by atoms with Crippen molar-refractivity contribution in [2.45, 2.75) is 52.2 Å². The van der Waals surface area contributed by atoms with E-state index in [0.29, 0.717) is 0 Å². The minimum absolute atomic E-state index is 0.0459. The van der Waals surface area contributed by atoms with E-state index in [1.807, 2.05) is 57.2 Å². The second-order valence-corrected chi connectivity index (χ2v) is 8.96. The van der Waals surface area contributed by atoms with Gasteiger partial charge in [-0.3, -0.25) is 0 Å². The SMILES string of the molecule is CC#Cc1ccc2c(c1)C(COC(=O)N[C@H](COC(C)(C)C)C(=O)O)c1cc(C#CC)ccc1-2. The number of hydrogen-bond donors (Lipinski definition) is 2. The Hall–Kier alpha value is -3.74. The third-order valence-electron chi connectivity index (χ3n) is 5.34. The Balaban J connectivity index is 1.82. The van der Waals surface area contributed by atoms with Crippen LogP contribution < -0.4 is 5.32 Å². The Labute approximate surface area is 200 Å². The number of aliphatic carboxylic acids is 1. The Morgan fingerprint density at radius 3 is 1.97 bits per heavy atom. The van der Waals surface area contributed by atoms with Crippen molar-refractivity contribution in [2.75, 3.05) is 13.2 Å². The average Bonchev–Trinajstić information content (AvgIpc) is 3.07. The maximum absolute atomic E-state index is 12.5. The third kappa shape index (κ3) is 5.98. The lowest BCUT2D eigenvalue weighted by molar-refractivity contribution is -0.142. The molecule has 1 amide bonds. The molecule has 34 heavy (non-hydrogen) atoms. The van der Waals surface area contributed by atoms with Crippen molar-refractivity contribution in [2.24, 2.45) is 0 Å². The molecule has 0 aromatic heterocycles. The summed E-state index contributed by atoms with van der Waals surface area (Å²) >= 11 is 0. The summed E-state index contributed by atoms with van der Waals surface area (Å²) in [5.41, 5.74) is 5.36. The van der Waals surface area contributed by atoms with Crippen molar-refractivity contribution in [3.63, 3.8) is 0 Å². The van der Waals surface area contributed by atoms with E-state index in [9.17, 15) is 14.7 Å². The predicted molar refractivity (Wildman–Crippen MR) is 130 cm³/mol. The van der Waals surface area contributed by atoms with E-state index in [-0.39, 0.29) is 19.1 Å². The van der Waals surface area contributed by atoms with Crippen LogP contribution in [0.25, 0.3) is 11.1 Å². The highest BCUT2D eigenvalue weighted by Gasteiger charge is 2.31. The van der Waals surface area contributed by atoms with Crippen LogP contribution in [0.3, 0.4) is 0 Å². The van der Waals surface area contributed by atoms with Crippen molar-refractivity contribution in [1.82, 2.24) is 5.32 Å².